The number of anilines is 1. The van der Waals surface area contributed by atoms with Crippen LogP contribution >= 0.6 is 11.3 Å². The fraction of sp³-hybridized carbons (Fsp3) is 0.417. The second-order valence-electron chi connectivity index (χ2n) is 5.06. The first-order valence-electron chi connectivity index (χ1n) is 5.74. The Morgan fingerprint density at radius 2 is 2.21 bits per heavy atom. The van der Waals surface area contributed by atoms with Gasteiger partial charge in [0, 0.05) is 13.6 Å². The van der Waals surface area contributed by atoms with Gasteiger partial charge in [0.15, 0.2) is 5.52 Å². The third-order valence-corrected chi connectivity index (χ3v) is 3.47. The van der Waals surface area contributed by atoms with Crippen LogP contribution in [-0.4, -0.2) is 34.2 Å². The molecular weight excluding hydrogens is 266 g/mol. The molecule has 1 aromatic heterocycles. The van der Waals surface area contributed by atoms with Gasteiger partial charge < -0.3 is 10.0 Å². The zero-order chi connectivity index (χ0) is 14.2. The SMILES string of the molecule is CN(CC(C)(C)O)c1ccc2scnc2c1[N+](=O)[O-]. The van der Waals surface area contributed by atoms with Crippen LogP contribution in [0.5, 0.6) is 0 Å². The van der Waals surface area contributed by atoms with Crippen LogP contribution in [0.2, 0.25) is 0 Å². The summed E-state index contributed by atoms with van der Waals surface area (Å²) in [5.74, 6) is 0. The molecule has 0 amide bonds. The van der Waals surface area contributed by atoms with Crippen molar-refractivity contribution in [1.29, 1.82) is 0 Å². The van der Waals surface area contributed by atoms with Crippen LogP contribution in [0.25, 0.3) is 10.2 Å². The summed E-state index contributed by atoms with van der Waals surface area (Å²) in [6.45, 7) is 3.62. The van der Waals surface area contributed by atoms with E-state index in [1.54, 1.807) is 37.4 Å². The number of hydrogen-bond acceptors (Lipinski definition) is 6. The average molecular weight is 281 g/mol. The summed E-state index contributed by atoms with van der Waals surface area (Å²) in [4.78, 5) is 16.6. The highest BCUT2D eigenvalue weighted by molar-refractivity contribution is 7.16. The highest BCUT2D eigenvalue weighted by atomic mass is 32.1. The Morgan fingerprint density at radius 3 is 2.79 bits per heavy atom. The monoisotopic (exact) mass is 281 g/mol. The first kappa shape index (κ1) is 13.7. The summed E-state index contributed by atoms with van der Waals surface area (Å²) in [5.41, 5.74) is 1.52. The fourth-order valence-electron chi connectivity index (χ4n) is 2.06. The molecule has 19 heavy (non-hydrogen) atoms. The molecule has 0 bridgehead atoms. The van der Waals surface area contributed by atoms with E-state index < -0.39 is 10.5 Å². The van der Waals surface area contributed by atoms with Crippen molar-refractivity contribution >= 4 is 32.9 Å². The van der Waals surface area contributed by atoms with Gasteiger partial charge in [-0.15, -0.1) is 11.3 Å². The molecule has 102 valence electrons. The van der Waals surface area contributed by atoms with Gasteiger partial charge in [-0.25, -0.2) is 4.98 Å². The molecule has 7 heteroatoms. The van der Waals surface area contributed by atoms with Crippen molar-refractivity contribution in [3.63, 3.8) is 0 Å². The van der Waals surface area contributed by atoms with Crippen molar-refractivity contribution in [3.05, 3.63) is 27.8 Å². The molecule has 2 aromatic rings. The summed E-state index contributed by atoms with van der Waals surface area (Å²) in [6, 6.07) is 3.51. The Labute approximate surface area is 114 Å². The van der Waals surface area contributed by atoms with E-state index in [9.17, 15) is 15.2 Å². The van der Waals surface area contributed by atoms with Crippen molar-refractivity contribution < 1.29 is 10.0 Å². The van der Waals surface area contributed by atoms with Gasteiger partial charge in [0.25, 0.3) is 0 Å². The molecule has 0 saturated carbocycles. The van der Waals surface area contributed by atoms with E-state index in [4.69, 9.17) is 0 Å². The van der Waals surface area contributed by atoms with Gasteiger partial charge in [0.1, 0.15) is 5.69 Å². The number of nitro benzene ring substituents is 1. The van der Waals surface area contributed by atoms with E-state index in [1.807, 2.05) is 6.07 Å². The van der Waals surface area contributed by atoms with Crippen LogP contribution in [0.1, 0.15) is 13.8 Å². The van der Waals surface area contributed by atoms with Gasteiger partial charge in [-0.2, -0.15) is 0 Å². The summed E-state index contributed by atoms with van der Waals surface area (Å²) in [6.07, 6.45) is 0. The molecule has 0 aliphatic rings. The molecule has 0 fully saturated rings. The number of aliphatic hydroxyl groups is 1. The first-order valence-corrected chi connectivity index (χ1v) is 6.61. The number of nitro groups is 1. The minimum atomic E-state index is -0.931. The predicted molar refractivity (Wildman–Crippen MR) is 75.8 cm³/mol. The van der Waals surface area contributed by atoms with Gasteiger partial charge in [-0.3, -0.25) is 10.1 Å². The number of likely N-dealkylation sites (N-methyl/N-ethyl adjacent to an activating group) is 1. The third-order valence-electron chi connectivity index (χ3n) is 2.67. The van der Waals surface area contributed by atoms with Gasteiger partial charge >= 0.3 is 5.69 Å². The van der Waals surface area contributed by atoms with Gasteiger partial charge in [0.05, 0.1) is 20.7 Å². The molecule has 0 saturated heterocycles. The topological polar surface area (TPSA) is 79.5 Å². The lowest BCUT2D eigenvalue weighted by molar-refractivity contribution is -0.382. The number of fused-ring (bicyclic) bond motifs is 1. The summed E-state index contributed by atoms with van der Waals surface area (Å²) in [5, 5.41) is 21.1. The molecule has 2 rings (SSSR count). The molecule has 0 spiro atoms. The number of thiazole rings is 1. The van der Waals surface area contributed by atoms with E-state index in [2.05, 4.69) is 4.98 Å². The number of hydrogen-bond donors (Lipinski definition) is 1. The summed E-state index contributed by atoms with van der Waals surface area (Å²) < 4.78 is 0.784. The first-order chi connectivity index (χ1) is 8.79. The lowest BCUT2D eigenvalue weighted by Crippen LogP contribution is -2.36. The lowest BCUT2D eigenvalue weighted by atomic mass is 10.1. The second-order valence-corrected chi connectivity index (χ2v) is 5.94. The highest BCUT2D eigenvalue weighted by Crippen LogP contribution is 2.36. The van der Waals surface area contributed by atoms with Crippen molar-refractivity contribution in [3.8, 4) is 0 Å². The molecular formula is C12H15N3O3S. The van der Waals surface area contributed by atoms with E-state index >= 15 is 0 Å². The molecule has 0 unspecified atom stereocenters. The molecule has 1 N–H and O–H groups in total. The van der Waals surface area contributed by atoms with Gasteiger partial charge in [-0.05, 0) is 26.0 Å². The third kappa shape index (κ3) is 2.82. The maximum atomic E-state index is 11.3. The second kappa shape index (κ2) is 4.75. The van der Waals surface area contributed by atoms with Crippen LogP contribution < -0.4 is 4.90 Å². The van der Waals surface area contributed by atoms with Crippen molar-refractivity contribution in [1.82, 2.24) is 4.98 Å². The lowest BCUT2D eigenvalue weighted by Gasteiger charge is -2.26. The minimum Gasteiger partial charge on any atom is -0.389 e. The Bertz CT molecular complexity index is 618. The predicted octanol–water partition coefficient (Wildman–Crippen LogP) is 2.41. The Balaban J connectivity index is 2.53. The van der Waals surface area contributed by atoms with Crippen molar-refractivity contribution in [2.24, 2.45) is 0 Å². The molecule has 0 aliphatic heterocycles. The molecule has 0 radical (unpaired) electrons. The maximum Gasteiger partial charge on any atom is 0.319 e. The number of aromatic nitrogens is 1. The Hall–Kier alpha value is -1.73. The standard InChI is InChI=1S/C12H15N3O3S/c1-12(2,16)6-14(3)8-4-5-9-10(13-7-19-9)11(8)15(17)18/h4-5,7,16H,6H2,1-3H3. The molecule has 1 aromatic carbocycles. The van der Waals surface area contributed by atoms with E-state index in [-0.39, 0.29) is 5.69 Å². The van der Waals surface area contributed by atoms with Crippen molar-refractivity contribution in [2.45, 2.75) is 19.4 Å². The maximum absolute atomic E-state index is 11.3. The average Bonchev–Trinajstić information content (AvgIpc) is 2.72. The van der Waals surface area contributed by atoms with Gasteiger partial charge in [0.2, 0.25) is 0 Å². The summed E-state index contributed by atoms with van der Waals surface area (Å²) in [7, 11) is 1.72. The Morgan fingerprint density at radius 1 is 1.53 bits per heavy atom. The quantitative estimate of drug-likeness (QED) is 0.687. The van der Waals surface area contributed by atoms with Crippen LogP contribution in [0.4, 0.5) is 11.4 Å². The minimum absolute atomic E-state index is 0.00880. The summed E-state index contributed by atoms with van der Waals surface area (Å²) >= 11 is 1.37. The van der Waals surface area contributed by atoms with Crippen LogP contribution in [-0.2, 0) is 0 Å². The number of nitrogens with zero attached hydrogens (tertiary/aromatic N) is 3. The zero-order valence-corrected chi connectivity index (χ0v) is 11.8. The van der Waals surface area contributed by atoms with Crippen molar-refractivity contribution in [2.75, 3.05) is 18.5 Å². The Kier molecular flexibility index (Phi) is 3.42. The highest BCUT2D eigenvalue weighted by Gasteiger charge is 2.25. The van der Waals surface area contributed by atoms with E-state index in [1.165, 1.54) is 11.3 Å². The normalized spacial score (nSPS) is 11.8. The van der Waals surface area contributed by atoms with Gasteiger partial charge in [-0.1, -0.05) is 0 Å². The number of rotatable bonds is 4. The molecule has 6 nitrogen and oxygen atoms in total. The molecule has 0 aliphatic carbocycles. The van der Waals surface area contributed by atoms with E-state index in [0.717, 1.165) is 4.70 Å². The van der Waals surface area contributed by atoms with Crippen LogP contribution in [0, 0.1) is 10.1 Å². The smallest absolute Gasteiger partial charge is 0.319 e. The number of benzene rings is 1. The van der Waals surface area contributed by atoms with Crippen LogP contribution in [0.15, 0.2) is 17.6 Å². The van der Waals surface area contributed by atoms with Crippen LogP contribution in [0.3, 0.4) is 0 Å². The largest absolute Gasteiger partial charge is 0.389 e. The van der Waals surface area contributed by atoms with E-state index in [0.29, 0.717) is 17.7 Å². The molecule has 1 heterocycles. The molecule has 0 atom stereocenters. The zero-order valence-electron chi connectivity index (χ0n) is 11.0. The fourth-order valence-corrected chi connectivity index (χ4v) is 2.74.